The number of thiazole rings is 1. The molecule has 0 bridgehead atoms. The van der Waals surface area contributed by atoms with Crippen molar-refractivity contribution < 1.29 is 9.59 Å². The van der Waals surface area contributed by atoms with Crippen molar-refractivity contribution in [3.05, 3.63) is 16.1 Å². The Morgan fingerprint density at radius 1 is 1.38 bits per heavy atom. The summed E-state index contributed by atoms with van der Waals surface area (Å²) in [5.74, 6) is -0.0308. The van der Waals surface area contributed by atoms with Gasteiger partial charge in [-0.2, -0.15) is 0 Å². The summed E-state index contributed by atoms with van der Waals surface area (Å²) >= 11 is 1.64. The second kappa shape index (κ2) is 6.23. The summed E-state index contributed by atoms with van der Waals surface area (Å²) in [6, 6.07) is -0.183. The number of amides is 2. The predicted octanol–water partition coefficient (Wildman–Crippen LogP) is 1.65. The van der Waals surface area contributed by atoms with E-state index in [2.05, 4.69) is 10.3 Å². The Bertz CT molecular complexity index is 537. The molecule has 0 spiro atoms. The van der Waals surface area contributed by atoms with Gasteiger partial charge in [0.1, 0.15) is 0 Å². The number of hydrogen-bond donors (Lipinski definition) is 1. The molecule has 6 heteroatoms. The van der Waals surface area contributed by atoms with Crippen molar-refractivity contribution in [3.63, 3.8) is 0 Å². The minimum absolute atomic E-state index is 0.00510. The molecular weight excluding hydrogens is 286 g/mol. The largest absolute Gasteiger partial charge is 0.305 e. The molecule has 2 amide bonds. The summed E-state index contributed by atoms with van der Waals surface area (Å²) in [4.78, 5) is 30.4. The van der Waals surface area contributed by atoms with E-state index in [0.29, 0.717) is 13.0 Å². The van der Waals surface area contributed by atoms with Crippen LogP contribution in [0.1, 0.15) is 42.8 Å². The molecule has 2 heterocycles. The zero-order valence-electron chi connectivity index (χ0n) is 12.3. The lowest BCUT2D eigenvalue weighted by Crippen LogP contribution is -2.43. The highest BCUT2D eigenvalue weighted by Crippen LogP contribution is 2.28. The molecule has 1 N–H and O–H groups in total. The van der Waals surface area contributed by atoms with E-state index in [1.165, 1.54) is 4.90 Å². The Labute approximate surface area is 128 Å². The smallest absolute Gasteiger partial charge is 0.247 e. The van der Waals surface area contributed by atoms with E-state index in [-0.39, 0.29) is 23.9 Å². The van der Waals surface area contributed by atoms with Crippen molar-refractivity contribution in [1.82, 2.24) is 15.2 Å². The van der Waals surface area contributed by atoms with Gasteiger partial charge in [-0.1, -0.05) is 12.8 Å². The number of carbonyl (C=O) groups excluding carboxylic acids is 2. The third kappa shape index (κ3) is 3.16. The fraction of sp³-hybridized carbons (Fsp3) is 0.667. The molecule has 0 aromatic carbocycles. The second-order valence-corrected chi connectivity index (χ2v) is 6.83. The van der Waals surface area contributed by atoms with Crippen LogP contribution in [0.3, 0.4) is 0 Å². The van der Waals surface area contributed by atoms with Gasteiger partial charge in [0.25, 0.3) is 0 Å². The van der Waals surface area contributed by atoms with Gasteiger partial charge in [0.2, 0.25) is 11.8 Å². The molecule has 1 unspecified atom stereocenters. The maximum atomic E-state index is 12.4. The summed E-state index contributed by atoms with van der Waals surface area (Å²) in [7, 11) is 0. The van der Waals surface area contributed by atoms with Gasteiger partial charge in [-0.15, -0.1) is 11.3 Å². The van der Waals surface area contributed by atoms with Crippen molar-refractivity contribution >= 4 is 23.2 Å². The minimum Gasteiger partial charge on any atom is -0.305 e. The van der Waals surface area contributed by atoms with Crippen LogP contribution in [0.4, 0.5) is 0 Å². The van der Waals surface area contributed by atoms with E-state index in [4.69, 9.17) is 0 Å². The topological polar surface area (TPSA) is 62.3 Å². The molecule has 1 saturated carbocycles. The number of aryl methyl sites for hydroxylation is 1. The number of likely N-dealkylation sites (tertiary alicyclic amines) is 1. The Hall–Kier alpha value is -1.27. The first-order valence-corrected chi connectivity index (χ1v) is 8.53. The third-order valence-corrected chi connectivity index (χ3v) is 5.30. The average molecular weight is 307 g/mol. The van der Waals surface area contributed by atoms with Crippen molar-refractivity contribution in [2.45, 2.75) is 57.5 Å². The van der Waals surface area contributed by atoms with E-state index in [9.17, 15) is 9.59 Å². The molecule has 0 radical (unpaired) electrons. The molecule has 2 aliphatic rings. The third-order valence-electron chi connectivity index (χ3n) is 4.27. The Morgan fingerprint density at radius 3 is 2.81 bits per heavy atom. The lowest BCUT2D eigenvalue weighted by atomic mass is 10.2. The monoisotopic (exact) mass is 307 g/mol. The number of aromatic nitrogens is 1. The first-order chi connectivity index (χ1) is 10.1. The van der Waals surface area contributed by atoms with Crippen molar-refractivity contribution in [2.24, 2.45) is 0 Å². The first kappa shape index (κ1) is 14.7. The molecule has 2 fully saturated rings. The maximum Gasteiger partial charge on any atom is 0.247 e. The van der Waals surface area contributed by atoms with Crippen LogP contribution in [0.2, 0.25) is 0 Å². The van der Waals surface area contributed by atoms with Gasteiger partial charge >= 0.3 is 0 Å². The molecule has 114 valence electrons. The van der Waals surface area contributed by atoms with Crippen LogP contribution >= 0.6 is 11.3 Å². The van der Waals surface area contributed by atoms with Crippen LogP contribution in [0.5, 0.6) is 0 Å². The standard InChI is InChI=1S/C15H21N3O2S/c1-10-9-21-13(17-10)6-7-16-12-8-14(19)18(15(12)20)11-4-2-3-5-11/h9,11-12,16H,2-8H2,1H3. The molecule has 1 aliphatic heterocycles. The average Bonchev–Trinajstić information content (AvgIpc) is 3.14. The molecule has 21 heavy (non-hydrogen) atoms. The Kier molecular flexibility index (Phi) is 4.35. The van der Waals surface area contributed by atoms with Crippen molar-refractivity contribution in [2.75, 3.05) is 6.54 Å². The summed E-state index contributed by atoms with van der Waals surface area (Å²) < 4.78 is 0. The van der Waals surface area contributed by atoms with E-state index in [1.807, 2.05) is 12.3 Å². The lowest BCUT2D eigenvalue weighted by Gasteiger charge is -2.22. The van der Waals surface area contributed by atoms with E-state index >= 15 is 0 Å². The van der Waals surface area contributed by atoms with Crippen LogP contribution in [0, 0.1) is 6.92 Å². The van der Waals surface area contributed by atoms with Gasteiger partial charge in [-0.25, -0.2) is 4.98 Å². The SMILES string of the molecule is Cc1csc(CCNC2CC(=O)N(C3CCCC3)C2=O)n1. The molecule has 5 nitrogen and oxygen atoms in total. The molecular formula is C15H21N3O2S. The highest BCUT2D eigenvalue weighted by Gasteiger charge is 2.42. The quantitative estimate of drug-likeness (QED) is 0.840. The van der Waals surface area contributed by atoms with Gasteiger partial charge in [0.15, 0.2) is 0 Å². The zero-order chi connectivity index (χ0) is 14.8. The summed E-state index contributed by atoms with van der Waals surface area (Å²) in [5.41, 5.74) is 1.04. The van der Waals surface area contributed by atoms with Crippen molar-refractivity contribution in [3.8, 4) is 0 Å². The number of rotatable bonds is 5. The fourth-order valence-electron chi connectivity index (χ4n) is 3.23. The molecule has 1 aliphatic carbocycles. The molecule has 1 aromatic rings. The second-order valence-electron chi connectivity index (χ2n) is 5.88. The van der Waals surface area contributed by atoms with Crippen LogP contribution in [-0.2, 0) is 16.0 Å². The Balaban J connectivity index is 1.52. The molecule has 1 atom stereocenters. The van der Waals surface area contributed by atoms with Crippen LogP contribution in [-0.4, -0.2) is 40.3 Å². The van der Waals surface area contributed by atoms with Crippen molar-refractivity contribution in [1.29, 1.82) is 0 Å². The Morgan fingerprint density at radius 2 is 2.14 bits per heavy atom. The molecule has 1 saturated heterocycles. The number of hydrogen-bond acceptors (Lipinski definition) is 5. The highest BCUT2D eigenvalue weighted by atomic mass is 32.1. The van der Waals surface area contributed by atoms with Gasteiger partial charge in [-0.3, -0.25) is 14.5 Å². The normalized spacial score (nSPS) is 23.5. The van der Waals surface area contributed by atoms with Crippen LogP contribution < -0.4 is 5.32 Å². The summed E-state index contributed by atoms with van der Waals surface area (Å²) in [5, 5.41) is 6.33. The zero-order valence-corrected chi connectivity index (χ0v) is 13.1. The lowest BCUT2D eigenvalue weighted by molar-refractivity contribution is -0.141. The number of imide groups is 1. The number of carbonyl (C=O) groups is 2. The van der Waals surface area contributed by atoms with E-state index in [0.717, 1.165) is 42.8 Å². The van der Waals surface area contributed by atoms with E-state index in [1.54, 1.807) is 11.3 Å². The predicted molar refractivity (Wildman–Crippen MR) is 81.1 cm³/mol. The first-order valence-electron chi connectivity index (χ1n) is 7.65. The maximum absolute atomic E-state index is 12.4. The number of nitrogens with zero attached hydrogens (tertiary/aromatic N) is 2. The van der Waals surface area contributed by atoms with Gasteiger partial charge in [-0.05, 0) is 19.8 Å². The van der Waals surface area contributed by atoms with Crippen LogP contribution in [0.25, 0.3) is 0 Å². The number of nitrogens with one attached hydrogen (secondary N) is 1. The van der Waals surface area contributed by atoms with E-state index < -0.39 is 0 Å². The molecule has 1 aromatic heterocycles. The van der Waals surface area contributed by atoms with Gasteiger partial charge < -0.3 is 5.32 Å². The highest BCUT2D eigenvalue weighted by molar-refractivity contribution is 7.09. The fourth-order valence-corrected chi connectivity index (χ4v) is 4.00. The van der Waals surface area contributed by atoms with Gasteiger partial charge in [0.05, 0.1) is 17.5 Å². The van der Waals surface area contributed by atoms with Crippen LogP contribution in [0.15, 0.2) is 5.38 Å². The van der Waals surface area contributed by atoms with Gasteiger partial charge in [0, 0.05) is 30.1 Å². The molecule has 3 rings (SSSR count). The minimum atomic E-state index is -0.334. The summed E-state index contributed by atoms with van der Waals surface area (Å²) in [6.07, 6.45) is 5.32. The summed E-state index contributed by atoms with van der Waals surface area (Å²) in [6.45, 7) is 2.67.